The molecular formula is C21H28O9. The number of carbonyl (C=O) groups excluding carboxylic acids is 4. The van der Waals surface area contributed by atoms with Gasteiger partial charge in [-0.3, -0.25) is 14.4 Å². The second-order valence-electron chi connectivity index (χ2n) is 8.78. The maximum absolute atomic E-state index is 12.5. The lowest BCUT2D eigenvalue weighted by Gasteiger charge is -2.40. The highest BCUT2D eigenvalue weighted by Gasteiger charge is 2.74. The summed E-state index contributed by atoms with van der Waals surface area (Å²) < 4.78 is 16.5. The third-order valence-electron chi connectivity index (χ3n) is 6.62. The van der Waals surface area contributed by atoms with Gasteiger partial charge in [-0.25, -0.2) is 4.79 Å². The zero-order valence-electron chi connectivity index (χ0n) is 17.8. The molecule has 0 aromatic heterocycles. The molecule has 2 N–H and O–H groups in total. The Hall–Kier alpha value is -2.26. The van der Waals surface area contributed by atoms with Crippen LogP contribution in [0.3, 0.4) is 0 Å². The number of rotatable bonds is 4. The highest BCUT2D eigenvalue weighted by molar-refractivity contribution is 6.00. The molecule has 3 rings (SSSR count). The average molecular weight is 424 g/mol. The summed E-state index contributed by atoms with van der Waals surface area (Å²) in [5, 5.41) is 22.7. The molecule has 0 spiro atoms. The molecule has 1 saturated heterocycles. The fourth-order valence-electron chi connectivity index (χ4n) is 4.97. The van der Waals surface area contributed by atoms with E-state index in [4.69, 9.17) is 14.2 Å². The summed E-state index contributed by atoms with van der Waals surface area (Å²) in [5.41, 5.74) is -5.57. The van der Waals surface area contributed by atoms with Crippen molar-refractivity contribution in [2.24, 2.45) is 5.92 Å². The number of esters is 3. The van der Waals surface area contributed by atoms with Crippen molar-refractivity contribution in [3.63, 3.8) is 0 Å². The van der Waals surface area contributed by atoms with E-state index < -0.39 is 52.8 Å². The zero-order chi connectivity index (χ0) is 22.6. The summed E-state index contributed by atoms with van der Waals surface area (Å²) in [6, 6.07) is 0. The number of aliphatic hydroxyl groups is 2. The fraction of sp³-hybridized carbons (Fsp3) is 0.714. The second-order valence-corrected chi connectivity index (χ2v) is 8.78. The molecule has 3 aliphatic rings. The third-order valence-corrected chi connectivity index (χ3v) is 6.62. The quantitative estimate of drug-likeness (QED) is 0.494. The second kappa shape index (κ2) is 7.16. The van der Waals surface area contributed by atoms with Crippen molar-refractivity contribution < 1.29 is 43.6 Å². The molecule has 30 heavy (non-hydrogen) atoms. The normalized spacial score (nSPS) is 40.4. The molecule has 0 bridgehead atoms. The van der Waals surface area contributed by atoms with E-state index in [2.05, 4.69) is 0 Å². The molecule has 0 aromatic rings. The molecule has 166 valence electrons. The van der Waals surface area contributed by atoms with Crippen LogP contribution in [0.15, 0.2) is 11.1 Å². The first-order valence-electron chi connectivity index (χ1n) is 10.1. The maximum atomic E-state index is 12.5. The monoisotopic (exact) mass is 424 g/mol. The minimum atomic E-state index is -2.42. The molecule has 1 aliphatic heterocycles. The molecule has 0 amide bonds. The third kappa shape index (κ3) is 3.06. The number of allylic oxidation sites excluding steroid dienone is 1. The Labute approximate surface area is 174 Å². The van der Waals surface area contributed by atoms with Crippen LogP contribution < -0.4 is 0 Å². The van der Waals surface area contributed by atoms with E-state index in [1.807, 2.05) is 0 Å². The van der Waals surface area contributed by atoms with E-state index in [0.717, 1.165) is 6.92 Å². The smallest absolute Gasteiger partial charge is 0.341 e. The van der Waals surface area contributed by atoms with Crippen LogP contribution in [0.2, 0.25) is 0 Å². The zero-order valence-corrected chi connectivity index (χ0v) is 17.8. The van der Waals surface area contributed by atoms with E-state index >= 15 is 0 Å². The molecule has 9 nitrogen and oxygen atoms in total. The van der Waals surface area contributed by atoms with Gasteiger partial charge in [0.2, 0.25) is 0 Å². The molecule has 6 unspecified atom stereocenters. The van der Waals surface area contributed by atoms with Gasteiger partial charge < -0.3 is 24.4 Å². The summed E-state index contributed by atoms with van der Waals surface area (Å²) in [4.78, 5) is 49.2. The van der Waals surface area contributed by atoms with Crippen LogP contribution in [0, 0.1) is 5.92 Å². The summed E-state index contributed by atoms with van der Waals surface area (Å²) in [6.07, 6.45) is -2.55. The molecule has 6 atom stereocenters. The number of ether oxygens (including phenoxy) is 3. The Balaban J connectivity index is 2.23. The Bertz CT molecular complexity index is 841. The van der Waals surface area contributed by atoms with E-state index in [-0.39, 0.29) is 36.2 Å². The summed E-state index contributed by atoms with van der Waals surface area (Å²) in [7, 11) is 0. The molecule has 2 aliphatic carbocycles. The van der Waals surface area contributed by atoms with Crippen molar-refractivity contribution in [1.29, 1.82) is 0 Å². The van der Waals surface area contributed by atoms with Crippen LogP contribution in [-0.4, -0.2) is 62.9 Å². The lowest BCUT2D eigenvalue weighted by molar-refractivity contribution is -0.210. The number of hydrogen-bond acceptors (Lipinski definition) is 9. The van der Waals surface area contributed by atoms with Gasteiger partial charge in [0.1, 0.15) is 11.7 Å². The number of hydrogen-bond donors (Lipinski definition) is 2. The maximum Gasteiger partial charge on any atom is 0.341 e. The first kappa shape index (κ1) is 22.4. The van der Waals surface area contributed by atoms with Gasteiger partial charge in [0.15, 0.2) is 23.1 Å². The molecule has 1 saturated carbocycles. The van der Waals surface area contributed by atoms with Crippen LogP contribution in [0.1, 0.15) is 60.3 Å². The van der Waals surface area contributed by atoms with Gasteiger partial charge in [0, 0.05) is 32.1 Å². The largest absolute Gasteiger partial charge is 0.459 e. The van der Waals surface area contributed by atoms with Crippen LogP contribution in [0.5, 0.6) is 0 Å². The van der Waals surface area contributed by atoms with Crippen molar-refractivity contribution in [3.8, 4) is 0 Å². The van der Waals surface area contributed by atoms with Crippen molar-refractivity contribution in [3.05, 3.63) is 11.1 Å². The Morgan fingerprint density at radius 2 is 1.87 bits per heavy atom. The SMILES string of the molecule is CCCC(=O)OC1CC(C)(OC(C)=O)C2CC(=O)C(C)=C2C2OC(=O)C(C)(O)C12O. The molecule has 9 heteroatoms. The summed E-state index contributed by atoms with van der Waals surface area (Å²) in [5.74, 6) is -3.28. The van der Waals surface area contributed by atoms with Gasteiger partial charge in [-0.1, -0.05) is 6.92 Å². The summed E-state index contributed by atoms with van der Waals surface area (Å²) >= 11 is 0. The molecular weight excluding hydrogens is 396 g/mol. The lowest BCUT2D eigenvalue weighted by Crippen LogP contribution is -2.64. The van der Waals surface area contributed by atoms with E-state index in [1.165, 1.54) is 13.8 Å². The minimum Gasteiger partial charge on any atom is -0.459 e. The van der Waals surface area contributed by atoms with Gasteiger partial charge in [-0.2, -0.15) is 0 Å². The molecule has 1 heterocycles. The Kier molecular flexibility index (Phi) is 5.35. The minimum absolute atomic E-state index is 0.0210. The van der Waals surface area contributed by atoms with Gasteiger partial charge >= 0.3 is 17.9 Å². The summed E-state index contributed by atoms with van der Waals surface area (Å²) in [6.45, 7) is 7.21. The van der Waals surface area contributed by atoms with Crippen LogP contribution in [0.25, 0.3) is 0 Å². The van der Waals surface area contributed by atoms with Crippen molar-refractivity contribution in [2.45, 2.75) is 89.3 Å². The van der Waals surface area contributed by atoms with Gasteiger partial charge in [0.25, 0.3) is 0 Å². The molecule has 0 radical (unpaired) electrons. The standard InChI is InChI=1S/C21H28O9/c1-6-7-15(24)28-14-9-19(4,30-11(3)22)12-8-13(23)10(2)16(12)17-21(14,27)20(5,26)18(25)29-17/h12,14,17,26-27H,6-9H2,1-5H3. The van der Waals surface area contributed by atoms with Crippen LogP contribution >= 0.6 is 0 Å². The Morgan fingerprint density at radius 3 is 2.43 bits per heavy atom. The van der Waals surface area contributed by atoms with Crippen molar-refractivity contribution in [2.75, 3.05) is 0 Å². The highest BCUT2D eigenvalue weighted by atomic mass is 16.6. The molecule has 0 aromatic carbocycles. The van der Waals surface area contributed by atoms with Crippen molar-refractivity contribution >= 4 is 23.7 Å². The van der Waals surface area contributed by atoms with E-state index in [0.29, 0.717) is 6.42 Å². The molecule has 2 fully saturated rings. The van der Waals surface area contributed by atoms with Gasteiger partial charge in [-0.15, -0.1) is 0 Å². The number of ketones is 1. The first-order valence-corrected chi connectivity index (χ1v) is 10.1. The van der Waals surface area contributed by atoms with Crippen LogP contribution in [0.4, 0.5) is 0 Å². The van der Waals surface area contributed by atoms with Gasteiger partial charge in [-0.05, 0) is 38.3 Å². The van der Waals surface area contributed by atoms with E-state index in [9.17, 15) is 29.4 Å². The van der Waals surface area contributed by atoms with Crippen molar-refractivity contribution in [1.82, 2.24) is 0 Å². The predicted octanol–water partition coefficient (Wildman–Crippen LogP) is 0.737. The van der Waals surface area contributed by atoms with Gasteiger partial charge in [0.05, 0.1) is 0 Å². The van der Waals surface area contributed by atoms with Crippen LogP contribution in [-0.2, 0) is 33.4 Å². The highest BCUT2D eigenvalue weighted by Crippen LogP contribution is 2.55. The number of fused-ring (bicyclic) bond motifs is 3. The number of carbonyl (C=O) groups is 4. The van der Waals surface area contributed by atoms with E-state index in [1.54, 1.807) is 13.8 Å². The Morgan fingerprint density at radius 1 is 1.23 bits per heavy atom. The predicted molar refractivity (Wildman–Crippen MR) is 101 cm³/mol. The topological polar surface area (TPSA) is 136 Å². The number of Topliss-reactive ketones (excluding diaryl/α,β-unsaturated/α-hetero) is 1. The lowest BCUT2D eigenvalue weighted by atomic mass is 9.75. The first-order chi connectivity index (χ1) is 13.8. The average Bonchev–Trinajstić information content (AvgIpc) is 2.98. The fourth-order valence-corrected chi connectivity index (χ4v) is 4.97.